The summed E-state index contributed by atoms with van der Waals surface area (Å²) < 4.78 is 4.03. The molecule has 0 aliphatic carbocycles. The lowest BCUT2D eigenvalue weighted by Crippen LogP contribution is -1.70. The van der Waals surface area contributed by atoms with Gasteiger partial charge in [-0.05, 0) is 0 Å². The predicted molar refractivity (Wildman–Crippen MR) is 25.7 cm³/mol. The molecule has 0 atom stereocenters. The topological polar surface area (TPSA) is 12.4 Å². The molecule has 0 aliphatic heterocycles. The molecule has 0 saturated carbocycles. The lowest BCUT2D eigenvalue weighted by Gasteiger charge is -1.85. The van der Waals surface area contributed by atoms with Crippen molar-refractivity contribution in [3.8, 4) is 0 Å². The average Bonchev–Trinajstić information content (AvgIpc) is 1.41. The molecule has 0 aromatic heterocycles. The first kappa shape index (κ1) is 5.23. The van der Waals surface area contributed by atoms with E-state index in [0.717, 1.165) is 19.0 Å². The van der Waals surface area contributed by atoms with Crippen LogP contribution in [0.2, 0.25) is 13.1 Å². The highest BCUT2D eigenvalue weighted by Crippen LogP contribution is 1.52. The quantitative estimate of drug-likeness (QED) is 0.428. The Morgan fingerprint density at radius 1 is 1.80 bits per heavy atom. The van der Waals surface area contributed by atoms with Gasteiger partial charge in [-0.3, -0.25) is 0 Å². The average molecular weight is 100 g/mol. The van der Waals surface area contributed by atoms with Gasteiger partial charge in [0.2, 0.25) is 0 Å². The molecule has 28 valence electrons. The van der Waals surface area contributed by atoms with E-state index in [1.165, 1.54) is 0 Å². The van der Waals surface area contributed by atoms with E-state index >= 15 is 0 Å². The smallest absolute Gasteiger partial charge is 0.114 e. The molecule has 0 N–H and O–H groups in total. The van der Waals surface area contributed by atoms with Crippen LogP contribution in [0.5, 0.6) is 0 Å². The third-order valence-corrected chi connectivity index (χ3v) is 2.01. The van der Waals surface area contributed by atoms with Crippen LogP contribution >= 0.6 is 0 Å². The third kappa shape index (κ3) is 4.23. The molecule has 0 rings (SSSR count). The molecule has 1 nitrogen and oxygen atoms in total. The van der Waals surface area contributed by atoms with Gasteiger partial charge in [0.1, 0.15) is 0 Å². The Bertz CT molecular complexity index is 34.6. The van der Waals surface area contributed by atoms with Crippen molar-refractivity contribution in [3.63, 3.8) is 0 Å². The molecular weight excluding hydrogens is 94.2 g/mol. The maximum atomic E-state index is 4.03. The number of nitrogens with zero attached hydrogens (tertiary/aromatic N) is 1. The molecule has 0 aliphatic rings. The molecule has 0 amide bonds. The van der Waals surface area contributed by atoms with Crippen LogP contribution in [0.1, 0.15) is 0 Å². The molecular formula is C2H6NSi2-. The van der Waals surface area contributed by atoms with E-state index in [1.807, 2.05) is 0 Å². The summed E-state index contributed by atoms with van der Waals surface area (Å²) in [5.74, 6) is 0. The lowest BCUT2D eigenvalue weighted by molar-refractivity contribution is 1.87. The van der Waals surface area contributed by atoms with E-state index in [0.29, 0.717) is 0 Å². The Hall–Kier alpha value is 0.234. The molecule has 0 heterocycles. The summed E-state index contributed by atoms with van der Waals surface area (Å²) >= 11 is 0. The van der Waals surface area contributed by atoms with Crippen molar-refractivity contribution in [2.75, 3.05) is 0 Å². The minimum Gasteiger partial charge on any atom is -0.544 e. The molecule has 0 aromatic carbocycles. The summed E-state index contributed by atoms with van der Waals surface area (Å²) in [7, 11) is 1.59. The Balaban J connectivity index is 2.62. The maximum Gasteiger partial charge on any atom is -0.114 e. The zero-order valence-corrected chi connectivity index (χ0v) is 5.45. The SMILES string of the molecule is C[Si]=N[Si-]C. The highest BCUT2D eigenvalue weighted by Gasteiger charge is 1.35. The van der Waals surface area contributed by atoms with Gasteiger partial charge in [-0.25, -0.2) is 0 Å². The van der Waals surface area contributed by atoms with E-state index < -0.39 is 0 Å². The van der Waals surface area contributed by atoms with Crippen molar-refractivity contribution >= 4 is 19.0 Å². The van der Waals surface area contributed by atoms with Crippen molar-refractivity contribution < 1.29 is 0 Å². The van der Waals surface area contributed by atoms with Crippen molar-refractivity contribution in [1.29, 1.82) is 0 Å². The molecule has 0 unspecified atom stereocenters. The zero-order chi connectivity index (χ0) is 4.12. The number of hydrogen-bond acceptors (Lipinski definition) is 1. The Kier molecular flexibility index (Phi) is 4.43. The Morgan fingerprint density at radius 3 is 2.40 bits per heavy atom. The first-order valence-corrected chi connectivity index (χ1v) is 4.34. The fraction of sp³-hybridized carbons (Fsp3) is 1.00. The second kappa shape index (κ2) is 4.23. The molecule has 0 saturated heterocycles. The van der Waals surface area contributed by atoms with E-state index in [-0.39, 0.29) is 0 Å². The van der Waals surface area contributed by atoms with Crippen LogP contribution in [0.25, 0.3) is 0 Å². The summed E-state index contributed by atoms with van der Waals surface area (Å²) in [4.78, 5) is 0. The number of hydrogen-bond donors (Lipinski definition) is 0. The van der Waals surface area contributed by atoms with Crippen LogP contribution in [0.15, 0.2) is 4.30 Å². The molecule has 3 heteroatoms. The summed E-state index contributed by atoms with van der Waals surface area (Å²) in [6.45, 7) is 4.16. The maximum absolute atomic E-state index is 4.03. The van der Waals surface area contributed by atoms with Gasteiger partial charge in [0.15, 0.2) is 0 Å². The molecule has 2 radical (unpaired) electrons. The molecule has 0 bridgehead atoms. The summed E-state index contributed by atoms with van der Waals surface area (Å²) in [6, 6.07) is 0. The van der Waals surface area contributed by atoms with E-state index in [9.17, 15) is 0 Å². The normalized spacial score (nSPS) is 9.20. The van der Waals surface area contributed by atoms with Gasteiger partial charge in [0.05, 0.1) is 0 Å². The minimum atomic E-state index is 0.795. The van der Waals surface area contributed by atoms with Gasteiger partial charge in [-0.15, -0.1) is 32.1 Å². The van der Waals surface area contributed by atoms with Crippen LogP contribution in [-0.2, 0) is 0 Å². The predicted octanol–water partition coefficient (Wildman–Crippen LogP) is 0.590. The second-order valence-corrected chi connectivity index (χ2v) is 2.35. The minimum absolute atomic E-state index is 0.795. The van der Waals surface area contributed by atoms with E-state index in [4.69, 9.17) is 0 Å². The van der Waals surface area contributed by atoms with Gasteiger partial charge in [0.25, 0.3) is 0 Å². The largest absolute Gasteiger partial charge is 0.544 e. The van der Waals surface area contributed by atoms with Gasteiger partial charge >= 0.3 is 0 Å². The van der Waals surface area contributed by atoms with E-state index in [2.05, 4.69) is 17.4 Å². The van der Waals surface area contributed by atoms with Gasteiger partial charge in [0, 0.05) is 0 Å². The van der Waals surface area contributed by atoms with Crippen LogP contribution < -0.4 is 0 Å². The molecule has 5 heavy (non-hydrogen) atoms. The van der Waals surface area contributed by atoms with Crippen molar-refractivity contribution in [3.05, 3.63) is 0 Å². The molecule has 0 spiro atoms. The first-order chi connectivity index (χ1) is 2.41. The highest BCUT2D eigenvalue weighted by molar-refractivity contribution is 6.40. The second-order valence-electron chi connectivity index (χ2n) is 0.559. The van der Waals surface area contributed by atoms with Crippen LogP contribution in [0.4, 0.5) is 0 Å². The fourth-order valence-corrected chi connectivity index (χ4v) is 1.01. The van der Waals surface area contributed by atoms with Gasteiger partial charge in [-0.1, -0.05) is 0 Å². The van der Waals surface area contributed by atoms with Crippen LogP contribution in [0, 0.1) is 0 Å². The van der Waals surface area contributed by atoms with Crippen LogP contribution in [-0.4, -0.2) is 19.0 Å². The summed E-state index contributed by atoms with van der Waals surface area (Å²) in [6.07, 6.45) is 0. The van der Waals surface area contributed by atoms with Crippen LogP contribution in [0.3, 0.4) is 0 Å². The Morgan fingerprint density at radius 2 is 2.40 bits per heavy atom. The third-order valence-electron chi connectivity index (χ3n) is 0.224. The van der Waals surface area contributed by atoms with Gasteiger partial charge in [-0.2, -0.15) is 0 Å². The van der Waals surface area contributed by atoms with Crippen molar-refractivity contribution in [1.82, 2.24) is 0 Å². The standard InChI is InChI=1S/C2H6NSi2/c1-4-3-5-2/h1-2H3/q-1. The van der Waals surface area contributed by atoms with Crippen molar-refractivity contribution in [2.45, 2.75) is 13.1 Å². The monoisotopic (exact) mass is 100 g/mol. The summed E-state index contributed by atoms with van der Waals surface area (Å²) in [5.41, 5.74) is 0. The molecule has 0 aromatic rings. The summed E-state index contributed by atoms with van der Waals surface area (Å²) in [5, 5.41) is 0. The fourth-order valence-electron chi connectivity index (χ4n) is 0.112. The zero-order valence-electron chi connectivity index (χ0n) is 3.45. The van der Waals surface area contributed by atoms with Crippen molar-refractivity contribution in [2.24, 2.45) is 4.30 Å². The number of rotatable bonds is 1. The first-order valence-electron chi connectivity index (χ1n) is 1.45. The molecule has 0 fully saturated rings. The van der Waals surface area contributed by atoms with Gasteiger partial charge < -0.3 is 4.30 Å². The lowest BCUT2D eigenvalue weighted by atomic mass is 11.9. The highest BCUT2D eigenvalue weighted by atomic mass is 28.3. The Labute approximate surface area is 37.2 Å². The van der Waals surface area contributed by atoms with E-state index in [1.54, 1.807) is 0 Å².